The number of benzene rings is 1. The van der Waals surface area contributed by atoms with Crippen molar-refractivity contribution >= 4 is 33.4 Å². The zero-order valence-electron chi connectivity index (χ0n) is 16.2. The van der Waals surface area contributed by atoms with Crippen molar-refractivity contribution in [2.75, 3.05) is 75.0 Å². The summed E-state index contributed by atoms with van der Waals surface area (Å²) in [5.41, 5.74) is 0.843. The fourth-order valence-electron chi connectivity index (χ4n) is 3.47. The van der Waals surface area contributed by atoms with Crippen LogP contribution >= 0.6 is 11.8 Å². The molecule has 0 atom stereocenters. The van der Waals surface area contributed by atoms with E-state index in [0.29, 0.717) is 25.4 Å². The molecule has 3 rings (SSSR count). The number of piperazine rings is 1. The number of hydrogen-bond donors (Lipinski definition) is 2. The molecule has 0 spiro atoms. The third kappa shape index (κ3) is 5.24. The highest BCUT2D eigenvalue weighted by Gasteiger charge is 2.25. The molecule has 2 heterocycles. The molecule has 0 unspecified atom stereocenters. The van der Waals surface area contributed by atoms with Gasteiger partial charge in [-0.05, 0) is 12.1 Å². The first-order valence-corrected chi connectivity index (χ1v) is 12.3. The maximum absolute atomic E-state index is 12.5. The molecular formula is C18H29N5O3S2. The molecular weight excluding hydrogens is 398 g/mol. The van der Waals surface area contributed by atoms with Gasteiger partial charge in [0.15, 0.2) is 5.96 Å². The van der Waals surface area contributed by atoms with Crippen molar-refractivity contribution < 1.29 is 13.5 Å². The molecule has 156 valence electrons. The van der Waals surface area contributed by atoms with Gasteiger partial charge in [0, 0.05) is 64.4 Å². The quantitative estimate of drug-likeness (QED) is 0.522. The molecule has 2 aliphatic rings. The zero-order chi connectivity index (χ0) is 20.0. The highest BCUT2D eigenvalue weighted by Crippen LogP contribution is 2.27. The number of phenols is 1. The number of anilines is 1. The molecule has 0 saturated carbocycles. The number of nitrogens with one attached hydrogen (secondary N) is 1. The van der Waals surface area contributed by atoms with E-state index in [-0.39, 0.29) is 5.75 Å². The fraction of sp³-hybridized carbons (Fsp3) is 0.611. The van der Waals surface area contributed by atoms with Crippen LogP contribution in [0.25, 0.3) is 0 Å². The monoisotopic (exact) mass is 427 g/mol. The van der Waals surface area contributed by atoms with E-state index in [9.17, 15) is 13.5 Å². The van der Waals surface area contributed by atoms with E-state index in [0.717, 1.165) is 49.3 Å². The normalized spacial score (nSPS) is 19.7. The summed E-state index contributed by atoms with van der Waals surface area (Å²) in [6, 6.07) is 7.35. The van der Waals surface area contributed by atoms with Gasteiger partial charge in [0.2, 0.25) is 10.0 Å². The summed E-state index contributed by atoms with van der Waals surface area (Å²) in [6.07, 6.45) is 0. The number of thioether (sulfide) groups is 1. The first kappa shape index (κ1) is 21.1. The largest absolute Gasteiger partial charge is 0.506 e. The zero-order valence-corrected chi connectivity index (χ0v) is 17.9. The number of sulfonamides is 1. The molecule has 0 bridgehead atoms. The average Bonchev–Trinajstić information content (AvgIpc) is 2.72. The molecule has 28 heavy (non-hydrogen) atoms. The summed E-state index contributed by atoms with van der Waals surface area (Å²) in [6.45, 7) is 4.60. The second-order valence-electron chi connectivity index (χ2n) is 6.76. The lowest BCUT2D eigenvalue weighted by Gasteiger charge is -2.37. The van der Waals surface area contributed by atoms with E-state index >= 15 is 0 Å². The molecule has 2 N–H and O–H groups in total. The highest BCUT2D eigenvalue weighted by atomic mass is 32.2. The average molecular weight is 428 g/mol. The molecule has 2 saturated heterocycles. The smallest absolute Gasteiger partial charge is 0.215 e. The maximum Gasteiger partial charge on any atom is 0.215 e. The number of rotatable bonds is 5. The third-order valence-corrected chi connectivity index (χ3v) is 7.83. The Kier molecular flexibility index (Phi) is 7.30. The second kappa shape index (κ2) is 9.71. The van der Waals surface area contributed by atoms with Crippen LogP contribution in [0.5, 0.6) is 5.75 Å². The molecule has 0 amide bonds. The van der Waals surface area contributed by atoms with Gasteiger partial charge in [-0.2, -0.15) is 11.8 Å². The van der Waals surface area contributed by atoms with E-state index in [4.69, 9.17) is 0 Å². The van der Waals surface area contributed by atoms with Crippen LogP contribution < -0.4 is 10.2 Å². The Hall–Kier alpha value is -1.65. The first-order valence-electron chi connectivity index (χ1n) is 9.55. The van der Waals surface area contributed by atoms with Gasteiger partial charge < -0.3 is 20.2 Å². The van der Waals surface area contributed by atoms with Gasteiger partial charge in [-0.25, -0.2) is 12.7 Å². The van der Waals surface area contributed by atoms with Crippen molar-refractivity contribution in [3.63, 3.8) is 0 Å². The summed E-state index contributed by atoms with van der Waals surface area (Å²) in [4.78, 5) is 8.59. The minimum atomic E-state index is -3.22. The van der Waals surface area contributed by atoms with Gasteiger partial charge in [-0.3, -0.25) is 4.99 Å². The molecule has 10 heteroatoms. The lowest BCUT2D eigenvalue weighted by atomic mass is 10.2. The molecule has 2 aliphatic heterocycles. The van der Waals surface area contributed by atoms with Crippen LogP contribution in [-0.2, 0) is 10.0 Å². The van der Waals surface area contributed by atoms with E-state index in [1.807, 2.05) is 18.2 Å². The van der Waals surface area contributed by atoms with Gasteiger partial charge in [0.1, 0.15) is 5.75 Å². The highest BCUT2D eigenvalue weighted by molar-refractivity contribution is 7.99. The van der Waals surface area contributed by atoms with Crippen LogP contribution in [0, 0.1) is 0 Å². The van der Waals surface area contributed by atoms with Gasteiger partial charge in [-0.1, -0.05) is 12.1 Å². The Morgan fingerprint density at radius 1 is 1.14 bits per heavy atom. The van der Waals surface area contributed by atoms with Gasteiger partial charge in [-0.15, -0.1) is 0 Å². The van der Waals surface area contributed by atoms with Crippen LogP contribution in [0.1, 0.15) is 0 Å². The number of aliphatic imine (C=N–C) groups is 1. The Morgan fingerprint density at radius 2 is 1.82 bits per heavy atom. The first-order chi connectivity index (χ1) is 13.5. The van der Waals surface area contributed by atoms with E-state index < -0.39 is 10.0 Å². The molecule has 0 aromatic heterocycles. The Labute approximate surface area is 171 Å². The predicted molar refractivity (Wildman–Crippen MR) is 116 cm³/mol. The van der Waals surface area contributed by atoms with Crippen LogP contribution in [0.3, 0.4) is 0 Å². The minimum Gasteiger partial charge on any atom is -0.506 e. The van der Waals surface area contributed by atoms with E-state index in [2.05, 4.69) is 20.1 Å². The summed E-state index contributed by atoms with van der Waals surface area (Å²) >= 11 is 1.80. The summed E-state index contributed by atoms with van der Waals surface area (Å²) in [5.74, 6) is 2.83. The molecule has 1 aromatic carbocycles. The Balaban J connectivity index is 1.48. The number of aromatic hydroxyl groups is 1. The standard InChI is InChI=1S/C18H29N5O3S2/c1-19-18(20-6-15-28(25,26)23-11-13-27-14-12-23)22-9-7-21(8-10-22)16-4-2-3-5-17(16)24/h2-5,24H,6-15H2,1H3,(H,19,20). The van der Waals surface area contributed by atoms with Crippen LogP contribution in [0.15, 0.2) is 29.3 Å². The predicted octanol–water partition coefficient (Wildman–Crippen LogP) is 0.468. The number of hydrogen-bond acceptors (Lipinski definition) is 6. The van der Waals surface area contributed by atoms with Crippen molar-refractivity contribution in [1.82, 2.24) is 14.5 Å². The minimum absolute atomic E-state index is 0.0779. The van der Waals surface area contributed by atoms with Crippen molar-refractivity contribution in [2.45, 2.75) is 0 Å². The molecule has 8 nitrogen and oxygen atoms in total. The van der Waals surface area contributed by atoms with E-state index in [1.54, 1.807) is 29.2 Å². The Morgan fingerprint density at radius 3 is 2.46 bits per heavy atom. The maximum atomic E-state index is 12.5. The van der Waals surface area contributed by atoms with Crippen molar-refractivity contribution in [2.24, 2.45) is 4.99 Å². The number of nitrogens with zero attached hydrogens (tertiary/aromatic N) is 4. The molecule has 0 aliphatic carbocycles. The summed E-state index contributed by atoms with van der Waals surface area (Å²) in [7, 11) is -1.50. The number of phenolic OH excluding ortho intramolecular Hbond substituents is 1. The molecule has 1 aromatic rings. The molecule has 0 radical (unpaired) electrons. The topological polar surface area (TPSA) is 88.5 Å². The van der Waals surface area contributed by atoms with E-state index in [1.165, 1.54) is 0 Å². The molecule has 2 fully saturated rings. The fourth-order valence-corrected chi connectivity index (χ4v) is 5.96. The number of para-hydroxylation sites is 2. The summed E-state index contributed by atoms with van der Waals surface area (Å²) in [5, 5.41) is 13.2. The van der Waals surface area contributed by atoms with Crippen LogP contribution in [0.2, 0.25) is 0 Å². The number of guanidine groups is 1. The lowest BCUT2D eigenvalue weighted by molar-refractivity contribution is 0.370. The van der Waals surface area contributed by atoms with Gasteiger partial charge in [0.05, 0.1) is 11.4 Å². The van der Waals surface area contributed by atoms with Gasteiger partial charge >= 0.3 is 0 Å². The van der Waals surface area contributed by atoms with Crippen molar-refractivity contribution in [3.05, 3.63) is 24.3 Å². The van der Waals surface area contributed by atoms with Crippen molar-refractivity contribution in [3.8, 4) is 5.75 Å². The van der Waals surface area contributed by atoms with Crippen LogP contribution in [-0.4, -0.2) is 98.8 Å². The van der Waals surface area contributed by atoms with Crippen molar-refractivity contribution in [1.29, 1.82) is 0 Å². The third-order valence-electron chi connectivity index (χ3n) is 5.02. The SMILES string of the molecule is CN=C(NCCS(=O)(=O)N1CCSCC1)N1CCN(c2ccccc2O)CC1. The lowest BCUT2D eigenvalue weighted by Crippen LogP contribution is -2.53. The Bertz CT molecular complexity index is 773. The summed E-state index contributed by atoms with van der Waals surface area (Å²) < 4.78 is 26.5. The van der Waals surface area contributed by atoms with Crippen LogP contribution in [0.4, 0.5) is 5.69 Å². The van der Waals surface area contributed by atoms with Gasteiger partial charge in [0.25, 0.3) is 0 Å². The second-order valence-corrected chi connectivity index (χ2v) is 10.1.